The molecule has 1 aromatic carbocycles. The van der Waals surface area contributed by atoms with Crippen molar-refractivity contribution in [3.63, 3.8) is 0 Å². The Kier molecular flexibility index (Phi) is 2.24. The van der Waals surface area contributed by atoms with Crippen molar-refractivity contribution in [3.8, 4) is 0 Å². The summed E-state index contributed by atoms with van der Waals surface area (Å²) in [4.78, 5) is 17.4. The minimum atomic E-state index is 0.214. The number of allylic oxidation sites excluding steroid dienone is 4. The number of rotatable bonds is 1. The van der Waals surface area contributed by atoms with Crippen molar-refractivity contribution in [1.29, 1.82) is 0 Å². The minimum absolute atomic E-state index is 0.214. The first-order valence-corrected chi connectivity index (χ1v) is 7.28. The van der Waals surface area contributed by atoms with Gasteiger partial charge < -0.3 is 4.98 Å². The topological polar surface area (TPSA) is 54.5 Å². The Labute approximate surface area is 126 Å². The molecule has 4 aromatic rings. The summed E-state index contributed by atoms with van der Waals surface area (Å²) in [6.07, 6.45) is 12.0. The Hall–Kier alpha value is -3.01. The van der Waals surface area contributed by atoms with Gasteiger partial charge in [-0.25, -0.2) is 4.98 Å². The number of aromatic amines is 1. The van der Waals surface area contributed by atoms with Gasteiger partial charge in [-0.1, -0.05) is 24.3 Å². The number of nitrogens with one attached hydrogen (secondary N) is 1. The van der Waals surface area contributed by atoms with E-state index >= 15 is 0 Å². The highest BCUT2D eigenvalue weighted by molar-refractivity contribution is 6.20. The van der Waals surface area contributed by atoms with E-state index in [1.807, 2.05) is 18.3 Å². The number of benzene rings is 1. The molecule has 4 heteroatoms. The largest absolute Gasteiger partial charge is 0.341 e. The Balaban J connectivity index is 1.98. The number of H-pyrrole nitrogens is 1. The van der Waals surface area contributed by atoms with Crippen LogP contribution in [0.25, 0.3) is 32.8 Å². The van der Waals surface area contributed by atoms with Gasteiger partial charge in [0, 0.05) is 23.2 Å². The predicted molar refractivity (Wildman–Crippen MR) is 87.7 cm³/mol. The van der Waals surface area contributed by atoms with Gasteiger partial charge >= 0.3 is 0 Å². The van der Waals surface area contributed by atoms with Crippen molar-refractivity contribution in [3.05, 3.63) is 66.8 Å². The first kappa shape index (κ1) is 11.6. The van der Waals surface area contributed by atoms with Crippen LogP contribution in [0.3, 0.4) is 0 Å². The second-order valence-electron chi connectivity index (χ2n) is 5.44. The highest BCUT2D eigenvalue weighted by atomic mass is 14.9. The lowest BCUT2D eigenvalue weighted by molar-refractivity contribution is 0.972. The van der Waals surface area contributed by atoms with Gasteiger partial charge in [0.15, 0.2) is 0 Å². The van der Waals surface area contributed by atoms with Crippen molar-refractivity contribution in [2.24, 2.45) is 0 Å². The molecule has 0 atom stereocenters. The third kappa shape index (κ3) is 1.49. The third-order valence-corrected chi connectivity index (χ3v) is 4.15. The van der Waals surface area contributed by atoms with Gasteiger partial charge in [0.05, 0.1) is 28.0 Å². The Bertz CT molecular complexity index is 1000. The number of pyridine rings is 2. The zero-order valence-electron chi connectivity index (χ0n) is 11.7. The van der Waals surface area contributed by atoms with Crippen molar-refractivity contribution < 1.29 is 0 Å². The molecule has 0 spiro atoms. The molecule has 0 fully saturated rings. The summed E-state index contributed by atoms with van der Waals surface area (Å²) in [6.45, 7) is 0. The first-order chi connectivity index (χ1) is 10.9. The van der Waals surface area contributed by atoms with Gasteiger partial charge in [-0.05, 0) is 24.3 Å². The maximum atomic E-state index is 4.85. The molecular formula is C18H12N4. The van der Waals surface area contributed by atoms with Gasteiger partial charge in [0.1, 0.15) is 5.82 Å². The summed E-state index contributed by atoms with van der Waals surface area (Å²) < 4.78 is 0. The Morgan fingerprint density at radius 1 is 0.818 bits per heavy atom. The minimum Gasteiger partial charge on any atom is -0.341 e. The Morgan fingerprint density at radius 3 is 2.27 bits per heavy atom. The fraction of sp³-hybridized carbons (Fsp3) is 0.0556. The van der Waals surface area contributed by atoms with Crippen LogP contribution in [0.1, 0.15) is 11.7 Å². The molecule has 0 aliphatic heterocycles. The standard InChI is InChI=1S/C18H12N4/c1-2-6-11(5-1)18-21-16-12-7-3-9-19-14(12)15-13(17(16)22-18)8-4-10-20-15/h1-11H,(H,21,22). The van der Waals surface area contributed by atoms with E-state index in [4.69, 9.17) is 4.98 Å². The fourth-order valence-corrected chi connectivity index (χ4v) is 3.13. The summed E-state index contributed by atoms with van der Waals surface area (Å²) in [5.74, 6) is 1.17. The van der Waals surface area contributed by atoms with Crippen molar-refractivity contribution >= 4 is 32.8 Å². The molecular weight excluding hydrogens is 272 g/mol. The zero-order chi connectivity index (χ0) is 14.5. The van der Waals surface area contributed by atoms with Crippen molar-refractivity contribution in [2.75, 3.05) is 0 Å². The average Bonchev–Trinajstić information content (AvgIpc) is 3.24. The molecule has 3 heterocycles. The Morgan fingerprint density at radius 2 is 1.50 bits per heavy atom. The van der Waals surface area contributed by atoms with E-state index < -0.39 is 0 Å². The smallest absolute Gasteiger partial charge is 0.118 e. The number of aromatic nitrogens is 4. The lowest BCUT2D eigenvalue weighted by atomic mass is 10.1. The lowest BCUT2D eigenvalue weighted by Crippen LogP contribution is -1.90. The molecule has 0 amide bonds. The van der Waals surface area contributed by atoms with Gasteiger partial charge in [0.2, 0.25) is 0 Å². The molecule has 104 valence electrons. The summed E-state index contributed by atoms with van der Waals surface area (Å²) in [7, 11) is 0. The molecule has 1 aliphatic rings. The molecule has 1 aliphatic carbocycles. The number of hydrogen-bond acceptors (Lipinski definition) is 3. The molecule has 0 unspecified atom stereocenters. The van der Waals surface area contributed by atoms with Gasteiger partial charge in [-0.15, -0.1) is 0 Å². The van der Waals surface area contributed by atoms with E-state index in [-0.39, 0.29) is 5.92 Å². The van der Waals surface area contributed by atoms with Gasteiger partial charge in [-0.3, -0.25) is 9.97 Å². The van der Waals surface area contributed by atoms with Crippen LogP contribution in [0, 0.1) is 0 Å². The molecule has 3 aromatic heterocycles. The third-order valence-electron chi connectivity index (χ3n) is 4.15. The van der Waals surface area contributed by atoms with Crippen LogP contribution in [0.2, 0.25) is 0 Å². The maximum absolute atomic E-state index is 4.85. The molecule has 22 heavy (non-hydrogen) atoms. The van der Waals surface area contributed by atoms with Gasteiger partial charge in [0.25, 0.3) is 0 Å². The van der Waals surface area contributed by atoms with Crippen LogP contribution < -0.4 is 0 Å². The van der Waals surface area contributed by atoms with E-state index in [2.05, 4.69) is 51.4 Å². The molecule has 0 saturated carbocycles. The van der Waals surface area contributed by atoms with Crippen molar-refractivity contribution in [1.82, 2.24) is 19.9 Å². The van der Waals surface area contributed by atoms with Crippen LogP contribution >= 0.6 is 0 Å². The summed E-state index contributed by atoms with van der Waals surface area (Å²) >= 11 is 0. The molecule has 1 N–H and O–H groups in total. The van der Waals surface area contributed by atoms with Crippen LogP contribution in [0.15, 0.2) is 61.0 Å². The number of imidazole rings is 1. The van der Waals surface area contributed by atoms with Crippen LogP contribution in [-0.2, 0) is 0 Å². The quantitative estimate of drug-likeness (QED) is 0.540. The second kappa shape index (κ2) is 4.24. The van der Waals surface area contributed by atoms with E-state index in [1.165, 1.54) is 0 Å². The van der Waals surface area contributed by atoms with E-state index in [0.717, 1.165) is 38.7 Å². The molecule has 0 radical (unpaired) electrons. The SMILES string of the molecule is C1=CC(c2nc3c4cccnc4c4ncccc4c3[nH]2)C=C1. The predicted octanol–water partition coefficient (Wildman–Crippen LogP) is 3.87. The summed E-state index contributed by atoms with van der Waals surface area (Å²) in [5, 5.41) is 2.10. The highest BCUT2D eigenvalue weighted by Gasteiger charge is 2.17. The fourth-order valence-electron chi connectivity index (χ4n) is 3.13. The number of nitrogens with zero attached hydrogens (tertiary/aromatic N) is 3. The van der Waals surface area contributed by atoms with Crippen LogP contribution in [0.5, 0.6) is 0 Å². The first-order valence-electron chi connectivity index (χ1n) is 7.28. The number of fused-ring (bicyclic) bond motifs is 6. The van der Waals surface area contributed by atoms with Crippen LogP contribution in [-0.4, -0.2) is 19.9 Å². The normalized spacial score (nSPS) is 14.7. The average molecular weight is 284 g/mol. The van der Waals surface area contributed by atoms with Gasteiger partial charge in [-0.2, -0.15) is 0 Å². The highest BCUT2D eigenvalue weighted by Crippen LogP contribution is 2.33. The monoisotopic (exact) mass is 284 g/mol. The van der Waals surface area contributed by atoms with Crippen molar-refractivity contribution in [2.45, 2.75) is 5.92 Å². The molecule has 0 bridgehead atoms. The summed E-state index contributed by atoms with van der Waals surface area (Å²) in [6, 6.07) is 8.03. The van der Waals surface area contributed by atoms with E-state index in [9.17, 15) is 0 Å². The van der Waals surface area contributed by atoms with E-state index in [0.29, 0.717) is 0 Å². The lowest BCUT2D eigenvalue weighted by Gasteiger charge is -2.03. The second-order valence-corrected chi connectivity index (χ2v) is 5.44. The summed E-state index contributed by atoms with van der Waals surface area (Å²) in [5.41, 5.74) is 3.82. The molecule has 0 saturated heterocycles. The molecule has 5 rings (SSSR count). The zero-order valence-corrected chi connectivity index (χ0v) is 11.7. The maximum Gasteiger partial charge on any atom is 0.118 e. The van der Waals surface area contributed by atoms with Crippen LogP contribution in [0.4, 0.5) is 0 Å². The number of hydrogen-bond donors (Lipinski definition) is 1. The molecule has 4 nitrogen and oxygen atoms in total. The van der Waals surface area contributed by atoms with E-state index in [1.54, 1.807) is 6.20 Å².